The summed E-state index contributed by atoms with van der Waals surface area (Å²) in [7, 11) is 5.56. The fraction of sp³-hybridized carbons (Fsp3) is 0.534. The molecule has 2 aromatic carbocycles. The molecule has 4 saturated heterocycles. The Morgan fingerprint density at radius 2 is 1.81 bits per heavy atom. The zero-order valence-corrected chi connectivity index (χ0v) is 44.6. The van der Waals surface area contributed by atoms with E-state index < -0.39 is 29.0 Å². The van der Waals surface area contributed by atoms with E-state index in [2.05, 4.69) is 67.8 Å². The molecular formula is C58H73N8O8+. The Morgan fingerprint density at radius 3 is 2.57 bits per heavy atom. The number of likely N-dealkylation sites (tertiary alicyclic amines) is 1. The van der Waals surface area contributed by atoms with Gasteiger partial charge in [-0.3, -0.25) is 34.1 Å². The number of hydrazine groups is 1. The minimum absolute atomic E-state index is 0.0694. The van der Waals surface area contributed by atoms with Gasteiger partial charge in [0.25, 0.3) is 5.91 Å². The van der Waals surface area contributed by atoms with Crippen molar-refractivity contribution in [2.24, 2.45) is 23.2 Å². The van der Waals surface area contributed by atoms with E-state index in [-0.39, 0.29) is 73.5 Å². The number of esters is 1. The van der Waals surface area contributed by atoms with Crippen LogP contribution in [0.25, 0.3) is 33.3 Å². The molecule has 0 N–H and O–H groups in total. The summed E-state index contributed by atoms with van der Waals surface area (Å²) in [5, 5.41) is 4.96. The van der Waals surface area contributed by atoms with Crippen molar-refractivity contribution in [3.05, 3.63) is 89.8 Å². The topological polar surface area (TPSA) is 150 Å². The summed E-state index contributed by atoms with van der Waals surface area (Å²) in [5.74, 6) is -2.39. The summed E-state index contributed by atoms with van der Waals surface area (Å²) in [4.78, 5) is 82.0. The van der Waals surface area contributed by atoms with Gasteiger partial charge in [0.2, 0.25) is 24.1 Å². The molecule has 4 aromatic rings. The first-order valence-electron chi connectivity index (χ1n) is 26.6. The summed E-state index contributed by atoms with van der Waals surface area (Å²) in [5.41, 5.74) is 6.48. The van der Waals surface area contributed by atoms with Gasteiger partial charge in [-0.2, -0.15) is 0 Å². The summed E-state index contributed by atoms with van der Waals surface area (Å²) in [6.07, 6.45) is 9.28. The van der Waals surface area contributed by atoms with Crippen LogP contribution in [0.2, 0.25) is 0 Å². The average molecular weight is 1010 g/mol. The van der Waals surface area contributed by atoms with Crippen LogP contribution < -0.4 is 0 Å². The molecule has 2 aromatic heterocycles. The summed E-state index contributed by atoms with van der Waals surface area (Å²) < 4.78 is 22.5. The number of carbonyl (C=O) groups excluding carboxylic acids is 5. The molecule has 6 bridgehead atoms. The lowest BCUT2D eigenvalue weighted by molar-refractivity contribution is -0.405. The number of aromatic nitrogens is 2. The van der Waals surface area contributed by atoms with E-state index in [9.17, 15) is 19.2 Å². The number of pyridine rings is 1. The molecule has 392 valence electrons. The third-order valence-electron chi connectivity index (χ3n) is 16.3. The first kappa shape index (κ1) is 51.4. The van der Waals surface area contributed by atoms with Crippen molar-refractivity contribution >= 4 is 46.7 Å². The maximum atomic E-state index is 15.3. The second kappa shape index (κ2) is 20.2. The minimum atomic E-state index is -1.22. The highest BCUT2D eigenvalue weighted by Crippen LogP contribution is 2.44. The van der Waals surface area contributed by atoms with Crippen LogP contribution >= 0.6 is 0 Å². The van der Waals surface area contributed by atoms with E-state index in [1.807, 2.05) is 74.3 Å². The molecule has 8 atom stereocenters. The molecule has 10 rings (SSSR count). The van der Waals surface area contributed by atoms with Crippen molar-refractivity contribution in [2.45, 2.75) is 110 Å². The van der Waals surface area contributed by atoms with E-state index >= 15 is 4.79 Å². The Morgan fingerprint density at radius 1 is 1.01 bits per heavy atom. The van der Waals surface area contributed by atoms with Crippen molar-refractivity contribution in [3.8, 4) is 22.4 Å². The van der Waals surface area contributed by atoms with Crippen LogP contribution in [0.1, 0.15) is 83.7 Å². The number of likely N-dealkylation sites (N-methyl/N-ethyl adjacent to an activating group) is 1. The molecule has 6 aliphatic heterocycles. The van der Waals surface area contributed by atoms with Gasteiger partial charge in [-0.15, -0.1) is 4.58 Å². The molecule has 6 aliphatic rings. The summed E-state index contributed by atoms with van der Waals surface area (Å²) in [6, 6.07) is 17.5. The van der Waals surface area contributed by atoms with Crippen LogP contribution in [-0.2, 0) is 57.6 Å². The molecular weight excluding hydrogens is 937 g/mol. The first-order valence-corrected chi connectivity index (χ1v) is 26.6. The zero-order chi connectivity index (χ0) is 52.4. The molecule has 16 heteroatoms. The van der Waals surface area contributed by atoms with Gasteiger partial charge in [0, 0.05) is 80.4 Å². The van der Waals surface area contributed by atoms with Crippen molar-refractivity contribution in [1.82, 2.24) is 34.3 Å². The summed E-state index contributed by atoms with van der Waals surface area (Å²) >= 11 is 0. The van der Waals surface area contributed by atoms with Crippen molar-refractivity contribution < 1.29 is 42.8 Å². The second-order valence-electron chi connectivity index (χ2n) is 22.8. The molecule has 4 fully saturated rings. The van der Waals surface area contributed by atoms with Gasteiger partial charge in [-0.1, -0.05) is 64.1 Å². The second-order valence-corrected chi connectivity index (χ2v) is 22.8. The lowest BCUT2D eigenvalue weighted by Crippen LogP contribution is -2.52. The average Bonchev–Trinajstić information content (AvgIpc) is 4.27. The van der Waals surface area contributed by atoms with Crippen molar-refractivity contribution in [3.63, 3.8) is 0 Å². The van der Waals surface area contributed by atoms with Crippen molar-refractivity contribution in [1.29, 1.82) is 0 Å². The smallest absolute Gasteiger partial charge is 0.410 e. The lowest BCUT2D eigenvalue weighted by Gasteiger charge is -2.28. The summed E-state index contributed by atoms with van der Waals surface area (Å²) in [6.45, 7) is 15.3. The highest BCUT2D eigenvalue weighted by Gasteiger charge is 2.61. The number of cyclic esters (lactones) is 1. The molecule has 0 aliphatic carbocycles. The quantitative estimate of drug-likeness (QED) is 0.0739. The van der Waals surface area contributed by atoms with E-state index in [4.69, 9.17) is 19.2 Å². The van der Waals surface area contributed by atoms with E-state index in [0.29, 0.717) is 64.8 Å². The standard InChI is InChI=1S/C58H73N8O8/c1-10-62-46-21-20-40-29-43(46)45(52(62)42-17-12-23-59-50(42)37(4)72-9)30-57(5,6)34-73-55(70)41-18-13-25-65(66-32-48(41)66)53(68)44(28-38-15-11-16-39(40)27-38)47-31-63(47)54(69)51(36(2)3)64-35-74-58(56(64)71)22-26-61(33-58)49(67)19-14-24-60(7)8/h11-12,14-17,19-21,23,27,29,31,36-37,41,44,47-48,51H,10,13,18,22,24-26,28,30,32-35H2,1-9H3/q+1/b19-14+/t37-,41+,44?,47?,48?,51?,58+,66?/m0/s1. The van der Waals surface area contributed by atoms with Crippen LogP contribution in [0.4, 0.5) is 0 Å². The van der Waals surface area contributed by atoms with Crippen LogP contribution in [0.5, 0.6) is 0 Å². The number of methoxy groups -OCH3 is 1. The van der Waals surface area contributed by atoms with Gasteiger partial charge in [0.05, 0.1) is 42.6 Å². The predicted molar refractivity (Wildman–Crippen MR) is 280 cm³/mol. The van der Waals surface area contributed by atoms with Gasteiger partial charge in [0.1, 0.15) is 12.6 Å². The number of ether oxygens (including phenoxy) is 3. The number of aryl methyl sites for hydroxylation is 1. The maximum Gasteiger partial charge on any atom is 0.410 e. The molecule has 74 heavy (non-hydrogen) atoms. The maximum absolute atomic E-state index is 15.3. The number of carbonyl (C=O) groups is 5. The van der Waals surface area contributed by atoms with Gasteiger partial charge in [-0.05, 0) is 106 Å². The van der Waals surface area contributed by atoms with Crippen LogP contribution in [-0.4, -0.2) is 166 Å². The number of rotatable bonds is 11. The zero-order valence-electron chi connectivity index (χ0n) is 44.6. The van der Waals surface area contributed by atoms with Gasteiger partial charge in [0.15, 0.2) is 11.6 Å². The molecule has 0 saturated carbocycles. The minimum Gasteiger partial charge on any atom is -0.465 e. The third kappa shape index (κ3) is 9.63. The van der Waals surface area contributed by atoms with Gasteiger partial charge < -0.3 is 28.6 Å². The van der Waals surface area contributed by atoms with E-state index in [0.717, 1.165) is 50.1 Å². The SMILES string of the molecule is CCn1c(-c2cccnc2[C@H](C)OC)c2c3cc(ccc31)-c1cccc(c1)CC(C1C=[N+]1C(=O)C(C(C)C)N1CO[C@@]3(CCN(C(=O)/C=C/CN(C)C)C3)C1=O)C(=O)N1CCC[C@@H](C(=O)OCC(C)(C)C2)C2CN21. The van der Waals surface area contributed by atoms with Crippen LogP contribution in [0.15, 0.2) is 72.9 Å². The number of benzene rings is 2. The largest absolute Gasteiger partial charge is 0.465 e. The number of hydrogen-bond donors (Lipinski definition) is 0. The molecule has 0 radical (unpaired) electrons. The fourth-order valence-electron chi connectivity index (χ4n) is 12.2. The lowest BCUT2D eigenvalue weighted by atomic mass is 9.84. The highest BCUT2D eigenvalue weighted by molar-refractivity contribution is 5.97. The number of amides is 4. The Kier molecular flexibility index (Phi) is 14.1. The van der Waals surface area contributed by atoms with E-state index in [1.54, 1.807) is 28.7 Å². The van der Waals surface area contributed by atoms with E-state index in [1.165, 1.54) is 4.90 Å². The molecule has 1 spiro atoms. The normalized spacial score (nSPS) is 26.6. The molecule has 8 heterocycles. The number of fused-ring (bicyclic) bond motifs is 4. The number of hydrogen-bond acceptors (Lipinski definition) is 11. The molecule has 16 nitrogen and oxygen atoms in total. The monoisotopic (exact) mass is 1010 g/mol. The highest BCUT2D eigenvalue weighted by atomic mass is 16.5. The fourth-order valence-corrected chi connectivity index (χ4v) is 12.2. The van der Waals surface area contributed by atoms with Gasteiger partial charge in [-0.25, -0.2) is 9.80 Å². The Balaban J connectivity index is 0.984. The predicted octanol–water partition coefficient (Wildman–Crippen LogP) is 6.14. The number of nitrogens with zero attached hydrogens (tertiary/aromatic N) is 8. The Bertz CT molecular complexity index is 2940. The molecule has 4 amide bonds. The Hall–Kier alpha value is -6.07. The molecule has 5 unspecified atom stereocenters. The van der Waals surface area contributed by atoms with Crippen LogP contribution in [0, 0.1) is 23.2 Å². The third-order valence-corrected chi connectivity index (χ3v) is 16.3. The Labute approximate surface area is 434 Å². The first-order chi connectivity index (χ1) is 35.4. The van der Waals surface area contributed by atoms with Gasteiger partial charge >= 0.3 is 11.9 Å². The van der Waals surface area contributed by atoms with Crippen molar-refractivity contribution in [2.75, 3.05) is 67.3 Å². The van der Waals surface area contributed by atoms with Crippen LogP contribution in [0.3, 0.4) is 0 Å².